The molecule has 3 aromatic carbocycles. The molecule has 2 atom stereocenters. The minimum Gasteiger partial charge on any atom is -0.400 e. The molecule has 0 N–H and O–H groups in total. The van der Waals surface area contributed by atoms with Crippen molar-refractivity contribution in [3.05, 3.63) is 102 Å². The highest BCUT2D eigenvalue weighted by Gasteiger charge is 2.47. The van der Waals surface area contributed by atoms with Crippen LogP contribution in [0.3, 0.4) is 0 Å². The highest BCUT2D eigenvalue weighted by atomic mass is 28.4. The largest absolute Gasteiger partial charge is 0.400 e. The molecule has 0 amide bonds. The number of rotatable bonds is 7. The highest BCUT2D eigenvalue weighted by Crippen LogP contribution is 2.34. The van der Waals surface area contributed by atoms with Crippen LogP contribution in [0.4, 0.5) is 0 Å². The zero-order valence-electron chi connectivity index (χ0n) is 18.5. The lowest BCUT2D eigenvalue weighted by Crippen LogP contribution is -2.70. The van der Waals surface area contributed by atoms with E-state index >= 15 is 0 Å². The van der Waals surface area contributed by atoms with Gasteiger partial charge in [-0.3, -0.25) is 9.59 Å². The molecule has 1 fully saturated rings. The first-order valence-electron chi connectivity index (χ1n) is 11.0. The molecule has 4 heteroatoms. The van der Waals surface area contributed by atoms with E-state index in [2.05, 4.69) is 36.4 Å². The molecule has 4 rings (SSSR count). The van der Waals surface area contributed by atoms with Gasteiger partial charge in [0.05, 0.1) is 6.10 Å². The van der Waals surface area contributed by atoms with Crippen molar-refractivity contribution in [3.63, 3.8) is 0 Å². The van der Waals surface area contributed by atoms with Crippen molar-refractivity contribution in [3.8, 4) is 0 Å². The molecule has 0 aromatic heterocycles. The van der Waals surface area contributed by atoms with Gasteiger partial charge in [0.25, 0.3) is 8.32 Å². The second-order valence-corrected chi connectivity index (χ2v) is 11.8. The summed E-state index contributed by atoms with van der Waals surface area (Å²) in [5.41, 5.74) is 1.64. The molecule has 32 heavy (non-hydrogen) atoms. The molecule has 3 nitrogen and oxygen atoms in total. The fourth-order valence-corrected chi connectivity index (χ4v) is 8.81. The van der Waals surface area contributed by atoms with Gasteiger partial charge in [0.2, 0.25) is 0 Å². The maximum atomic E-state index is 12.6. The number of Topliss-reactive ketones (excluding diaryl/α,β-unsaturated/α-hetero) is 1. The second-order valence-electron chi connectivity index (χ2n) is 8.47. The third-order valence-electron chi connectivity index (χ3n) is 6.55. The number of carbonyl (C=O) groups is 2. The van der Waals surface area contributed by atoms with E-state index in [1.54, 1.807) is 0 Å². The molecule has 0 aliphatic heterocycles. The van der Waals surface area contributed by atoms with E-state index in [1.807, 2.05) is 68.4 Å². The molecule has 1 aliphatic carbocycles. The SMILES string of the molecule is CC(C=O)=C(C)C1CC(=O)CC1O[Si](c1ccccc1)(c1ccccc1)c1ccccc1. The zero-order chi connectivity index (χ0) is 22.6. The van der Waals surface area contributed by atoms with Crippen LogP contribution in [0.5, 0.6) is 0 Å². The average Bonchev–Trinajstić information content (AvgIpc) is 3.22. The number of benzene rings is 3. The summed E-state index contributed by atoms with van der Waals surface area (Å²) in [5, 5.41) is 3.43. The van der Waals surface area contributed by atoms with Crippen LogP contribution >= 0.6 is 0 Å². The van der Waals surface area contributed by atoms with E-state index < -0.39 is 8.32 Å². The maximum absolute atomic E-state index is 12.6. The standard InChI is InChI=1S/C28H28O3Si/c1-21(20-29)22(2)27-18-23(30)19-28(27)31-32(24-12-6-3-7-13-24,25-14-8-4-9-15-25)26-16-10-5-11-17-26/h3-17,20,27-28H,18-19H2,1-2H3. The number of carbonyl (C=O) groups excluding carboxylic acids is 2. The minimum atomic E-state index is -2.91. The molecule has 0 radical (unpaired) electrons. The third kappa shape index (κ3) is 4.16. The molecule has 3 aromatic rings. The lowest BCUT2D eigenvalue weighted by molar-refractivity contribution is -0.117. The zero-order valence-corrected chi connectivity index (χ0v) is 19.5. The molecule has 1 aliphatic rings. The van der Waals surface area contributed by atoms with Crippen LogP contribution in [-0.2, 0) is 14.0 Å². The molecule has 0 bridgehead atoms. The Kier molecular flexibility index (Phi) is 6.63. The van der Waals surface area contributed by atoms with Crippen LogP contribution in [0, 0.1) is 5.92 Å². The molecule has 0 spiro atoms. The van der Waals surface area contributed by atoms with Gasteiger partial charge in [-0.1, -0.05) is 96.6 Å². The summed E-state index contributed by atoms with van der Waals surface area (Å²) in [5.74, 6) is 0.103. The van der Waals surface area contributed by atoms with Gasteiger partial charge in [-0.15, -0.1) is 0 Å². The molecule has 2 unspecified atom stereocenters. The van der Waals surface area contributed by atoms with Crippen LogP contribution in [0.2, 0.25) is 0 Å². The minimum absolute atomic E-state index is 0.0873. The summed E-state index contributed by atoms with van der Waals surface area (Å²) >= 11 is 0. The van der Waals surface area contributed by atoms with Crippen molar-refractivity contribution >= 4 is 35.9 Å². The smallest absolute Gasteiger partial charge is 0.288 e. The summed E-state index contributed by atoms with van der Waals surface area (Å²) in [6.07, 6.45) is 1.40. The Morgan fingerprint density at radius 3 is 1.62 bits per heavy atom. The topological polar surface area (TPSA) is 43.4 Å². The summed E-state index contributed by atoms with van der Waals surface area (Å²) in [4.78, 5) is 24.1. The van der Waals surface area contributed by atoms with Gasteiger partial charge in [0, 0.05) is 18.8 Å². The van der Waals surface area contributed by atoms with Crippen LogP contribution in [-0.4, -0.2) is 26.5 Å². The lowest BCUT2D eigenvalue weighted by Gasteiger charge is -2.37. The van der Waals surface area contributed by atoms with Gasteiger partial charge in [-0.05, 0) is 35.0 Å². The number of hydrogen-bond donors (Lipinski definition) is 0. The van der Waals surface area contributed by atoms with E-state index in [4.69, 9.17) is 4.43 Å². The van der Waals surface area contributed by atoms with Crippen molar-refractivity contribution < 1.29 is 14.0 Å². The summed E-state index contributed by atoms with van der Waals surface area (Å²) < 4.78 is 7.22. The van der Waals surface area contributed by atoms with Crippen LogP contribution < -0.4 is 15.6 Å². The quantitative estimate of drug-likeness (QED) is 0.244. The van der Waals surface area contributed by atoms with E-state index in [9.17, 15) is 9.59 Å². The van der Waals surface area contributed by atoms with Crippen molar-refractivity contribution in [2.45, 2.75) is 32.8 Å². The van der Waals surface area contributed by atoms with Gasteiger partial charge in [-0.25, -0.2) is 0 Å². The number of allylic oxidation sites excluding steroid dienone is 1. The van der Waals surface area contributed by atoms with Crippen LogP contribution in [0.15, 0.2) is 102 Å². The summed E-state index contributed by atoms with van der Waals surface area (Å²) in [6.45, 7) is 3.78. The maximum Gasteiger partial charge on any atom is 0.288 e. The van der Waals surface area contributed by atoms with Gasteiger partial charge in [0.1, 0.15) is 12.1 Å². The molecule has 162 valence electrons. The average molecular weight is 441 g/mol. The third-order valence-corrected chi connectivity index (χ3v) is 10.6. The van der Waals surface area contributed by atoms with Gasteiger partial charge in [-0.2, -0.15) is 0 Å². The predicted octanol–water partition coefficient (Wildman–Crippen LogP) is 3.55. The summed E-state index contributed by atoms with van der Waals surface area (Å²) in [6, 6.07) is 31.1. The summed E-state index contributed by atoms with van der Waals surface area (Å²) in [7, 11) is -2.91. The van der Waals surface area contributed by atoms with Gasteiger partial charge < -0.3 is 4.43 Å². The van der Waals surface area contributed by atoms with E-state index in [0.717, 1.165) is 27.4 Å². The van der Waals surface area contributed by atoms with Crippen molar-refractivity contribution in [1.29, 1.82) is 0 Å². The first-order valence-corrected chi connectivity index (χ1v) is 13.0. The Hall–Kier alpha value is -3.08. The van der Waals surface area contributed by atoms with Crippen molar-refractivity contribution in [2.75, 3.05) is 0 Å². The van der Waals surface area contributed by atoms with Crippen molar-refractivity contribution in [2.24, 2.45) is 5.92 Å². The number of aldehydes is 1. The predicted molar refractivity (Wildman–Crippen MR) is 131 cm³/mol. The van der Waals surface area contributed by atoms with Crippen LogP contribution in [0.25, 0.3) is 0 Å². The lowest BCUT2D eigenvalue weighted by atomic mass is 9.93. The first-order chi connectivity index (χ1) is 15.6. The Bertz CT molecular complexity index is 1010. The molecular weight excluding hydrogens is 412 g/mol. The van der Waals surface area contributed by atoms with Crippen LogP contribution in [0.1, 0.15) is 26.7 Å². The molecule has 1 saturated carbocycles. The normalized spacial score (nSPS) is 19.5. The number of ketones is 1. The Morgan fingerprint density at radius 2 is 1.22 bits per heavy atom. The van der Waals surface area contributed by atoms with Gasteiger partial charge >= 0.3 is 0 Å². The van der Waals surface area contributed by atoms with Gasteiger partial charge in [0.15, 0.2) is 0 Å². The Labute approximate surface area is 190 Å². The fraction of sp³-hybridized carbons (Fsp3) is 0.214. The van der Waals surface area contributed by atoms with E-state index in [1.165, 1.54) is 0 Å². The molecular formula is C28H28O3Si. The first kappa shape index (κ1) is 22.1. The highest BCUT2D eigenvalue weighted by molar-refractivity contribution is 7.07. The van der Waals surface area contributed by atoms with E-state index in [0.29, 0.717) is 18.4 Å². The second kappa shape index (κ2) is 9.59. The van der Waals surface area contributed by atoms with Crippen molar-refractivity contribution in [1.82, 2.24) is 0 Å². The monoisotopic (exact) mass is 440 g/mol. The fourth-order valence-electron chi connectivity index (χ4n) is 4.72. The number of hydrogen-bond acceptors (Lipinski definition) is 3. The Balaban J connectivity index is 1.92. The molecule has 0 saturated heterocycles. The molecule has 0 heterocycles. The van der Waals surface area contributed by atoms with E-state index in [-0.39, 0.29) is 17.8 Å². The Morgan fingerprint density at radius 1 is 0.781 bits per heavy atom.